The molecule has 0 bridgehead atoms. The van der Waals surface area contributed by atoms with Crippen LogP contribution in [0.4, 0.5) is 11.4 Å². The predicted octanol–water partition coefficient (Wildman–Crippen LogP) is 16.9. The topological polar surface area (TPSA) is 161 Å². The van der Waals surface area contributed by atoms with E-state index in [1.807, 2.05) is 99.6 Å². The molecule has 15 nitrogen and oxygen atoms in total. The Balaban J connectivity index is 0.913. The highest BCUT2D eigenvalue weighted by Crippen LogP contribution is 2.64. The number of anilines is 2. The fraction of sp³-hybridized carbons (Fsp3) is 0.413. The van der Waals surface area contributed by atoms with Gasteiger partial charge in [0.1, 0.15) is 28.6 Å². The number of ether oxygens (including phenoxy) is 5. The van der Waals surface area contributed by atoms with Crippen LogP contribution >= 0.6 is 31.7 Å². The highest BCUT2D eigenvalue weighted by molar-refractivity contribution is 7.44. The first-order chi connectivity index (χ1) is 44.4. The monoisotopic (exact) mass is 1320 g/mol. The third kappa shape index (κ3) is 12.2. The number of methoxy groups -OCH3 is 2. The molecule has 11 rings (SSSR count). The Morgan fingerprint density at radius 1 is 0.806 bits per heavy atom. The zero-order valence-corrected chi connectivity index (χ0v) is 58.0. The number of rotatable bonds is 23. The predicted molar refractivity (Wildman–Crippen MR) is 368 cm³/mol. The molecule has 0 radical (unpaired) electrons. The number of nitrogens with zero attached hydrogens (tertiary/aromatic N) is 4. The maximum absolute atomic E-state index is 15.1. The summed E-state index contributed by atoms with van der Waals surface area (Å²) in [6.07, 6.45) is 7.96. The maximum Gasteiger partial charge on any atom is 0.341 e. The van der Waals surface area contributed by atoms with Crippen LogP contribution in [0.1, 0.15) is 179 Å². The molecule has 2 amide bonds. The van der Waals surface area contributed by atoms with Gasteiger partial charge >= 0.3 is 5.97 Å². The molecule has 0 aliphatic carbocycles. The standard InChI is InChI=1S/C75H84Cl2N5O10P/c1-45(2)82(46(3)4)93(89-36-20-33-78)90-44-50(43-88-74(51-22-15-14-16-23-51,52-25-29-54(86-12)30-26-52)53-27-31-55(87-13)32-28-53)21-17-18-34-79-70(84)59-39-62(76)66-65(67(59)77)71(85)92-75(66)60-37-57-47(5)42-73(10,11)81(49(7)83)63(57)40-64(60)91-69-56-24-19-35-80-68(56)58(38-61(69)75)48(6)41-72(80,8)9/h14-16,22-23,25-32,37-42,45-46,50H,17-21,24,34-36,43-44H2,1-13H3,(H,79,84). The third-order valence-corrected chi connectivity index (χ3v) is 21.5. The van der Waals surface area contributed by atoms with Gasteiger partial charge in [-0.05, 0) is 165 Å². The first-order valence-electron chi connectivity index (χ1n) is 32.2. The molecular formula is C75H84Cl2N5O10P. The first kappa shape index (κ1) is 67.2. The van der Waals surface area contributed by atoms with Crippen LogP contribution < -0.4 is 29.3 Å². The second-order valence-corrected chi connectivity index (χ2v) is 28.7. The number of benzene rings is 6. The smallest absolute Gasteiger partial charge is 0.341 e. The number of unbranched alkanes of at least 4 members (excludes halogenated alkanes) is 1. The van der Waals surface area contributed by atoms with Gasteiger partial charge in [-0.1, -0.05) is 96.4 Å². The van der Waals surface area contributed by atoms with E-state index in [4.69, 9.17) is 55.9 Å². The molecule has 6 aromatic rings. The number of amides is 2. The van der Waals surface area contributed by atoms with E-state index in [2.05, 4.69) is 99.8 Å². The average molecular weight is 1320 g/mol. The summed E-state index contributed by atoms with van der Waals surface area (Å²) in [7, 11) is 1.70. The fourth-order valence-corrected chi connectivity index (χ4v) is 17.1. The van der Waals surface area contributed by atoms with Crippen molar-refractivity contribution in [3.8, 4) is 29.1 Å². The van der Waals surface area contributed by atoms with E-state index in [0.717, 1.165) is 63.2 Å². The van der Waals surface area contributed by atoms with Crippen LogP contribution in [-0.2, 0) is 40.9 Å². The van der Waals surface area contributed by atoms with E-state index >= 15 is 4.79 Å². The van der Waals surface area contributed by atoms with Crippen LogP contribution in [0.5, 0.6) is 23.0 Å². The Bertz CT molecular complexity index is 3920. The normalized spacial score (nSPS) is 17.9. The molecule has 5 heterocycles. The summed E-state index contributed by atoms with van der Waals surface area (Å²) in [5.41, 5.74) is 6.93. The van der Waals surface area contributed by atoms with Gasteiger partial charge in [0.05, 0.1) is 90.2 Å². The number of nitrogens with one attached hydrogen (secondary N) is 1. The maximum atomic E-state index is 15.1. The largest absolute Gasteiger partial charge is 0.497 e. The minimum atomic E-state index is -1.69. The summed E-state index contributed by atoms with van der Waals surface area (Å²) >= 11 is 15.1. The van der Waals surface area contributed by atoms with Gasteiger partial charge in [0.2, 0.25) is 5.91 Å². The number of fused-ring (bicyclic) bond motifs is 8. The summed E-state index contributed by atoms with van der Waals surface area (Å²) in [5, 5.41) is 12.7. The number of hydrogen-bond acceptors (Lipinski definition) is 13. The van der Waals surface area contributed by atoms with E-state index in [9.17, 15) is 14.9 Å². The molecule has 0 saturated carbocycles. The van der Waals surface area contributed by atoms with Crippen molar-refractivity contribution in [2.45, 2.75) is 149 Å². The highest BCUT2D eigenvalue weighted by atomic mass is 35.5. The van der Waals surface area contributed by atoms with Crippen LogP contribution in [0.25, 0.3) is 11.1 Å². The van der Waals surface area contributed by atoms with Gasteiger partial charge in [-0.3, -0.25) is 9.59 Å². The molecule has 93 heavy (non-hydrogen) atoms. The lowest BCUT2D eigenvalue weighted by atomic mass is 9.72. The average Bonchev–Trinajstić information content (AvgIpc) is 1.62. The molecule has 488 valence electrons. The third-order valence-electron chi connectivity index (χ3n) is 18.7. The zero-order valence-electron chi connectivity index (χ0n) is 55.6. The lowest BCUT2D eigenvalue weighted by Gasteiger charge is -2.48. The molecule has 5 aliphatic rings. The molecule has 6 aromatic carbocycles. The molecule has 0 fully saturated rings. The quantitative estimate of drug-likeness (QED) is 0.0279. The fourth-order valence-electron chi connectivity index (χ4n) is 14.8. The number of hydrogen-bond donors (Lipinski definition) is 1. The minimum Gasteiger partial charge on any atom is -0.497 e. The lowest BCUT2D eigenvalue weighted by Crippen LogP contribution is -2.48. The van der Waals surface area contributed by atoms with Crippen LogP contribution in [-0.4, -0.2) is 92.7 Å². The Labute approximate surface area is 558 Å². The highest BCUT2D eigenvalue weighted by Gasteiger charge is 2.58. The first-order valence-corrected chi connectivity index (χ1v) is 34.1. The van der Waals surface area contributed by atoms with E-state index in [1.54, 1.807) is 32.1 Å². The number of allylic oxidation sites excluding steroid dienone is 2. The number of carbonyl (C=O) groups is 3. The lowest BCUT2D eigenvalue weighted by molar-refractivity contribution is -0.117. The molecule has 18 heteroatoms. The zero-order chi connectivity index (χ0) is 66.5. The number of nitriles is 1. The Hall–Kier alpha value is -7.25. The van der Waals surface area contributed by atoms with Gasteiger partial charge in [-0.15, -0.1) is 0 Å². The number of carbonyl (C=O) groups excluding carboxylic acids is 3. The minimum absolute atomic E-state index is 0.00486. The summed E-state index contributed by atoms with van der Waals surface area (Å²) in [4.78, 5) is 47.6. The number of halogens is 2. The van der Waals surface area contributed by atoms with Gasteiger partial charge in [-0.25, -0.2) is 9.46 Å². The molecule has 1 N–H and O–H groups in total. The Morgan fingerprint density at radius 2 is 1.43 bits per heavy atom. The van der Waals surface area contributed by atoms with Crippen molar-refractivity contribution in [3.05, 3.63) is 187 Å². The van der Waals surface area contributed by atoms with Crippen molar-refractivity contribution in [1.29, 1.82) is 5.26 Å². The van der Waals surface area contributed by atoms with Crippen molar-refractivity contribution < 1.29 is 47.1 Å². The van der Waals surface area contributed by atoms with Crippen LogP contribution in [0.2, 0.25) is 10.0 Å². The van der Waals surface area contributed by atoms with E-state index in [1.165, 1.54) is 0 Å². The van der Waals surface area contributed by atoms with Crippen molar-refractivity contribution in [2.75, 3.05) is 56.9 Å². The van der Waals surface area contributed by atoms with Crippen molar-refractivity contribution >= 4 is 72.0 Å². The van der Waals surface area contributed by atoms with Gasteiger partial charge in [-0.2, -0.15) is 5.26 Å². The van der Waals surface area contributed by atoms with E-state index in [-0.39, 0.29) is 83.4 Å². The van der Waals surface area contributed by atoms with Gasteiger partial charge in [0.25, 0.3) is 14.4 Å². The molecule has 3 unspecified atom stereocenters. The summed E-state index contributed by atoms with van der Waals surface area (Å²) in [6, 6.07) is 35.9. The van der Waals surface area contributed by atoms with Crippen molar-refractivity contribution in [3.63, 3.8) is 0 Å². The number of esters is 1. The molecule has 1 spiro atoms. The van der Waals surface area contributed by atoms with E-state index in [0.29, 0.717) is 71.1 Å². The molecule has 0 saturated heterocycles. The second-order valence-electron chi connectivity index (χ2n) is 26.5. The van der Waals surface area contributed by atoms with Crippen molar-refractivity contribution in [1.82, 2.24) is 9.99 Å². The summed E-state index contributed by atoms with van der Waals surface area (Å²) < 4.78 is 48.3. The van der Waals surface area contributed by atoms with Crippen molar-refractivity contribution in [2.24, 2.45) is 5.92 Å². The Morgan fingerprint density at radius 3 is 2.05 bits per heavy atom. The van der Waals surface area contributed by atoms with Gasteiger partial charge in [0, 0.05) is 77.5 Å². The summed E-state index contributed by atoms with van der Waals surface area (Å²) in [6.45, 7) is 24.4. The Kier molecular flexibility index (Phi) is 19.4. The van der Waals surface area contributed by atoms with Crippen LogP contribution in [0.3, 0.4) is 0 Å². The van der Waals surface area contributed by atoms with Crippen LogP contribution in [0, 0.1) is 17.2 Å². The van der Waals surface area contributed by atoms with Gasteiger partial charge < -0.3 is 47.8 Å². The second kappa shape index (κ2) is 26.9. The summed E-state index contributed by atoms with van der Waals surface area (Å²) in [5.74, 6) is 0.802. The SMILES string of the molecule is COc1ccc(C(OCC(CCCCNC(=O)c2cc(Cl)c3c(c2Cl)C(=O)OC32c3cc4c(cc3Oc3c2cc2c5c3CCCN5C(C)(C)C=C2C)N(C(C)=O)C(C)(C)C=C4C)COP(OCCC#N)N(C(C)C)C(C)C)(c2ccccc2)c2ccc(OC)cc2)cc1. The van der Waals surface area contributed by atoms with E-state index < -0.39 is 37.1 Å². The van der Waals surface area contributed by atoms with Crippen LogP contribution in [0.15, 0.2) is 115 Å². The molecule has 0 aromatic heterocycles. The van der Waals surface area contributed by atoms with Gasteiger partial charge in [0.15, 0.2) is 5.60 Å². The molecule has 5 aliphatic heterocycles. The molecule has 3 atom stereocenters. The molecular weight excluding hydrogens is 1230 g/mol.